The van der Waals surface area contributed by atoms with Gasteiger partial charge in [0.15, 0.2) is 0 Å². The quantitative estimate of drug-likeness (QED) is 0.736. The molecular weight excluding hydrogens is 232 g/mol. The van der Waals surface area contributed by atoms with Gasteiger partial charge in [0.1, 0.15) is 0 Å². The topological polar surface area (TPSA) is 27.1 Å². The van der Waals surface area contributed by atoms with Crippen LogP contribution in [-0.2, 0) is 18.2 Å². The van der Waals surface area contributed by atoms with Gasteiger partial charge in [-0.15, -0.1) is 0 Å². The fourth-order valence-corrected chi connectivity index (χ4v) is 2.13. The van der Waals surface area contributed by atoms with E-state index in [-0.39, 0.29) is 0 Å². The highest BCUT2D eigenvalue weighted by Gasteiger charge is 2.26. The van der Waals surface area contributed by atoms with E-state index in [0.717, 1.165) is 25.3 Å². The molecule has 0 N–H and O–H groups in total. The molecule has 72 valence electrons. The van der Waals surface area contributed by atoms with Gasteiger partial charge in [0.05, 0.1) is 18.9 Å². The predicted octanol–water partition coefficient (Wildman–Crippen LogP) is 1.37. The minimum absolute atomic E-state index is 0.495. The van der Waals surface area contributed by atoms with E-state index in [1.807, 2.05) is 17.9 Å². The van der Waals surface area contributed by atoms with Gasteiger partial charge in [-0.3, -0.25) is 4.68 Å². The summed E-state index contributed by atoms with van der Waals surface area (Å²) in [6, 6.07) is 2.07. The Bertz CT molecular complexity index is 287. The zero-order valence-electron chi connectivity index (χ0n) is 7.61. The molecule has 1 aromatic rings. The molecule has 3 nitrogen and oxygen atoms in total. The lowest BCUT2D eigenvalue weighted by molar-refractivity contribution is 0.186. The third-order valence-corrected chi connectivity index (χ3v) is 3.37. The summed E-state index contributed by atoms with van der Waals surface area (Å²) in [6.07, 6.45) is 2.99. The Morgan fingerprint density at radius 2 is 2.54 bits per heavy atom. The molecule has 0 radical (unpaired) electrons. The lowest BCUT2D eigenvalue weighted by Crippen LogP contribution is -2.14. The van der Waals surface area contributed by atoms with Crippen LogP contribution in [0.3, 0.4) is 0 Å². The van der Waals surface area contributed by atoms with Gasteiger partial charge in [-0.25, -0.2) is 0 Å². The molecule has 0 amide bonds. The van der Waals surface area contributed by atoms with Crippen LogP contribution in [0.2, 0.25) is 0 Å². The molecular formula is C9H13BrN2O. The highest BCUT2D eigenvalue weighted by Crippen LogP contribution is 2.23. The van der Waals surface area contributed by atoms with Crippen LogP contribution in [0.15, 0.2) is 12.3 Å². The third-order valence-electron chi connectivity index (χ3n) is 2.36. The average Bonchev–Trinajstić information content (AvgIpc) is 2.64. The van der Waals surface area contributed by atoms with E-state index >= 15 is 0 Å². The zero-order chi connectivity index (χ0) is 9.26. The maximum absolute atomic E-state index is 5.37. The number of hydrogen-bond acceptors (Lipinski definition) is 2. The molecule has 0 saturated carbocycles. The number of halogens is 1. The number of nitrogens with zero attached hydrogens (tertiary/aromatic N) is 2. The van der Waals surface area contributed by atoms with Gasteiger partial charge in [0.2, 0.25) is 0 Å². The Morgan fingerprint density at radius 1 is 1.69 bits per heavy atom. The molecule has 2 unspecified atom stereocenters. The molecule has 2 heterocycles. The molecule has 0 spiro atoms. The Balaban J connectivity index is 1.97. The summed E-state index contributed by atoms with van der Waals surface area (Å²) in [6.45, 7) is 1.68. The van der Waals surface area contributed by atoms with Gasteiger partial charge in [0.25, 0.3) is 0 Å². The summed E-state index contributed by atoms with van der Waals surface area (Å²) < 4.78 is 7.21. The van der Waals surface area contributed by atoms with Crippen molar-refractivity contribution in [3.8, 4) is 0 Å². The SMILES string of the molecule is Cn1ccc(CC2COCC2Br)n1. The van der Waals surface area contributed by atoms with Gasteiger partial charge in [-0.1, -0.05) is 15.9 Å². The van der Waals surface area contributed by atoms with Crippen LogP contribution in [0.1, 0.15) is 5.69 Å². The van der Waals surface area contributed by atoms with Gasteiger partial charge < -0.3 is 4.74 Å². The maximum Gasteiger partial charge on any atom is 0.0628 e. The third kappa shape index (κ3) is 2.11. The first-order valence-corrected chi connectivity index (χ1v) is 5.37. The zero-order valence-corrected chi connectivity index (χ0v) is 9.20. The summed E-state index contributed by atoms with van der Waals surface area (Å²) in [7, 11) is 1.94. The highest BCUT2D eigenvalue weighted by atomic mass is 79.9. The lowest BCUT2D eigenvalue weighted by atomic mass is 10.0. The van der Waals surface area contributed by atoms with Crippen molar-refractivity contribution in [1.82, 2.24) is 9.78 Å². The molecule has 1 aromatic heterocycles. The molecule has 0 aliphatic carbocycles. The van der Waals surface area contributed by atoms with Crippen LogP contribution >= 0.6 is 15.9 Å². The number of rotatable bonds is 2. The number of ether oxygens (including phenoxy) is 1. The fourth-order valence-electron chi connectivity index (χ4n) is 1.60. The average molecular weight is 245 g/mol. The van der Waals surface area contributed by atoms with Crippen molar-refractivity contribution in [3.05, 3.63) is 18.0 Å². The van der Waals surface area contributed by atoms with E-state index in [9.17, 15) is 0 Å². The van der Waals surface area contributed by atoms with Gasteiger partial charge in [-0.05, 0) is 12.5 Å². The maximum atomic E-state index is 5.37. The minimum Gasteiger partial charge on any atom is -0.380 e. The van der Waals surface area contributed by atoms with Crippen molar-refractivity contribution < 1.29 is 4.74 Å². The summed E-state index contributed by atoms with van der Waals surface area (Å²) in [5.41, 5.74) is 1.16. The fraction of sp³-hybridized carbons (Fsp3) is 0.667. The molecule has 1 saturated heterocycles. The van der Waals surface area contributed by atoms with Crippen LogP contribution in [0.4, 0.5) is 0 Å². The lowest BCUT2D eigenvalue weighted by Gasteiger charge is -2.08. The summed E-state index contributed by atoms with van der Waals surface area (Å²) in [5.74, 6) is 0.579. The van der Waals surface area contributed by atoms with E-state index in [1.54, 1.807) is 0 Å². The first-order chi connectivity index (χ1) is 6.25. The van der Waals surface area contributed by atoms with E-state index in [2.05, 4.69) is 27.1 Å². The van der Waals surface area contributed by atoms with Crippen molar-refractivity contribution in [2.75, 3.05) is 13.2 Å². The predicted molar refractivity (Wildman–Crippen MR) is 53.9 cm³/mol. The number of aromatic nitrogens is 2. The second-order valence-corrected chi connectivity index (χ2v) is 4.67. The Labute approximate surface area is 86.2 Å². The van der Waals surface area contributed by atoms with Gasteiger partial charge in [0, 0.05) is 24.0 Å². The van der Waals surface area contributed by atoms with Crippen molar-refractivity contribution >= 4 is 15.9 Å². The molecule has 0 bridgehead atoms. The second kappa shape index (κ2) is 3.80. The van der Waals surface area contributed by atoms with Crippen LogP contribution < -0.4 is 0 Å². The summed E-state index contributed by atoms with van der Waals surface area (Å²) >= 11 is 3.61. The van der Waals surface area contributed by atoms with Crippen LogP contribution in [-0.4, -0.2) is 27.8 Å². The Morgan fingerprint density at radius 3 is 3.08 bits per heavy atom. The monoisotopic (exact) mass is 244 g/mol. The van der Waals surface area contributed by atoms with Crippen molar-refractivity contribution in [2.24, 2.45) is 13.0 Å². The largest absolute Gasteiger partial charge is 0.380 e. The molecule has 1 aliphatic rings. The molecule has 0 aromatic carbocycles. The van der Waals surface area contributed by atoms with Crippen molar-refractivity contribution in [1.29, 1.82) is 0 Å². The molecule has 1 fully saturated rings. The van der Waals surface area contributed by atoms with Crippen molar-refractivity contribution in [2.45, 2.75) is 11.2 Å². The molecule has 13 heavy (non-hydrogen) atoms. The van der Waals surface area contributed by atoms with Crippen LogP contribution in [0.25, 0.3) is 0 Å². The Hall–Kier alpha value is -0.350. The molecule has 4 heteroatoms. The van der Waals surface area contributed by atoms with Crippen LogP contribution in [0, 0.1) is 5.92 Å². The normalized spacial score (nSPS) is 28.2. The standard InChI is InChI=1S/C9H13BrN2O/c1-12-3-2-8(11-12)4-7-5-13-6-9(7)10/h2-3,7,9H,4-6H2,1H3. The number of hydrogen-bond donors (Lipinski definition) is 0. The first-order valence-electron chi connectivity index (χ1n) is 4.46. The first kappa shape index (κ1) is 9.21. The van der Waals surface area contributed by atoms with E-state index in [1.165, 1.54) is 0 Å². The highest BCUT2D eigenvalue weighted by molar-refractivity contribution is 9.09. The van der Waals surface area contributed by atoms with Gasteiger partial charge >= 0.3 is 0 Å². The van der Waals surface area contributed by atoms with Crippen molar-refractivity contribution in [3.63, 3.8) is 0 Å². The second-order valence-electron chi connectivity index (χ2n) is 3.50. The van der Waals surface area contributed by atoms with Crippen LogP contribution in [0.5, 0.6) is 0 Å². The molecule has 2 atom stereocenters. The Kier molecular flexibility index (Phi) is 2.69. The van der Waals surface area contributed by atoms with E-state index in [4.69, 9.17) is 4.74 Å². The minimum atomic E-state index is 0.495. The molecule has 1 aliphatic heterocycles. The number of alkyl halides is 1. The van der Waals surface area contributed by atoms with E-state index in [0.29, 0.717) is 10.7 Å². The summed E-state index contributed by atoms with van der Waals surface area (Å²) in [5, 5.41) is 4.35. The summed E-state index contributed by atoms with van der Waals surface area (Å²) in [4.78, 5) is 0.495. The van der Waals surface area contributed by atoms with E-state index < -0.39 is 0 Å². The number of aryl methyl sites for hydroxylation is 1. The molecule has 2 rings (SSSR count). The smallest absolute Gasteiger partial charge is 0.0628 e. The van der Waals surface area contributed by atoms with Gasteiger partial charge in [-0.2, -0.15) is 5.10 Å².